The van der Waals surface area contributed by atoms with Crippen LogP contribution in [0.15, 0.2) is 108 Å². The van der Waals surface area contributed by atoms with Gasteiger partial charge in [-0.05, 0) is 30.5 Å². The van der Waals surface area contributed by atoms with Crippen LogP contribution >= 0.6 is 0 Å². The van der Waals surface area contributed by atoms with Gasteiger partial charge in [0, 0.05) is 0 Å². The van der Waals surface area contributed by atoms with Gasteiger partial charge in [0.15, 0.2) is 23.2 Å². The third-order valence-corrected chi connectivity index (χ3v) is 7.77. The maximum atomic E-state index is 12.3. The largest absolute Gasteiger partial charge is 0.358 e. The van der Waals surface area contributed by atoms with Crippen LogP contribution in [0.4, 0.5) is 0 Å². The predicted molar refractivity (Wildman–Crippen MR) is 151 cm³/mol. The molecular formula is C32H30N4O5. The van der Waals surface area contributed by atoms with Gasteiger partial charge >= 0.3 is 0 Å². The molecule has 0 radical (unpaired) electrons. The summed E-state index contributed by atoms with van der Waals surface area (Å²) in [7, 11) is 0. The summed E-state index contributed by atoms with van der Waals surface area (Å²) in [5.74, 6) is -0.827. The van der Waals surface area contributed by atoms with Gasteiger partial charge < -0.3 is 23.9 Å². The van der Waals surface area contributed by atoms with Crippen molar-refractivity contribution in [1.82, 2.24) is 19.5 Å². The molecule has 41 heavy (non-hydrogen) atoms. The van der Waals surface area contributed by atoms with E-state index in [-0.39, 0.29) is 17.7 Å². The van der Waals surface area contributed by atoms with Crippen molar-refractivity contribution >= 4 is 11.2 Å². The molecule has 1 N–H and O–H groups in total. The molecular weight excluding hydrogens is 520 g/mol. The molecule has 9 heteroatoms. The van der Waals surface area contributed by atoms with Gasteiger partial charge in [-0.2, -0.15) is 0 Å². The number of fused-ring (bicyclic) bond motifs is 2. The first kappa shape index (κ1) is 25.8. The summed E-state index contributed by atoms with van der Waals surface area (Å²) in [5, 5.41) is 0. The number of nitrogens with zero attached hydrogens (tertiary/aromatic N) is 3. The van der Waals surface area contributed by atoms with Gasteiger partial charge in [0.1, 0.15) is 23.9 Å². The molecule has 208 valence electrons. The summed E-state index contributed by atoms with van der Waals surface area (Å²) < 4.78 is 28.1. The van der Waals surface area contributed by atoms with Gasteiger partial charge in [-0.1, -0.05) is 91.0 Å². The standard InChI is InChI=1S/C32H30N4O5/c1-31(2)40-26-24(39-30(27(26)41-31)36-20-35-25-28(36)33-19-34-29(25)37)18-38-32(21-12-6-3-7-13-21,22-14-8-4-9-15-22)23-16-10-5-11-17-23/h3-17,19-20,24,26-27,30H,18H2,1-2H3,(H,33,34,37)/t24-,26-,27-,30+/m0/s1. The second-order valence-electron chi connectivity index (χ2n) is 10.8. The van der Waals surface area contributed by atoms with E-state index in [2.05, 4.69) is 51.4 Å². The second kappa shape index (κ2) is 10.0. The Bertz CT molecular complexity index is 1610. The molecule has 7 rings (SSSR count). The molecule has 0 amide bonds. The number of hydrogen-bond acceptors (Lipinski definition) is 7. The van der Waals surface area contributed by atoms with E-state index in [1.165, 1.54) is 6.33 Å². The van der Waals surface area contributed by atoms with Crippen LogP contribution in [0.3, 0.4) is 0 Å². The second-order valence-corrected chi connectivity index (χ2v) is 10.8. The van der Waals surface area contributed by atoms with Gasteiger partial charge in [-0.3, -0.25) is 9.36 Å². The quantitative estimate of drug-likeness (QED) is 0.297. The van der Waals surface area contributed by atoms with E-state index < -0.39 is 35.9 Å². The number of ether oxygens (including phenoxy) is 4. The highest BCUT2D eigenvalue weighted by Crippen LogP contribution is 2.46. The lowest BCUT2D eigenvalue weighted by molar-refractivity contribution is -0.204. The van der Waals surface area contributed by atoms with E-state index in [0.717, 1.165) is 16.7 Å². The molecule has 0 spiro atoms. The molecule has 0 saturated carbocycles. The number of aromatic amines is 1. The van der Waals surface area contributed by atoms with E-state index in [0.29, 0.717) is 5.65 Å². The number of hydrogen-bond donors (Lipinski definition) is 1. The maximum absolute atomic E-state index is 12.3. The van der Waals surface area contributed by atoms with E-state index in [9.17, 15) is 4.79 Å². The molecule has 0 aliphatic carbocycles. The molecule has 4 heterocycles. The van der Waals surface area contributed by atoms with Crippen molar-refractivity contribution in [3.8, 4) is 0 Å². The fourth-order valence-electron chi connectivity index (χ4n) is 6.04. The maximum Gasteiger partial charge on any atom is 0.278 e. The highest BCUT2D eigenvalue weighted by molar-refractivity contribution is 5.68. The van der Waals surface area contributed by atoms with Gasteiger partial charge in [-0.15, -0.1) is 0 Å². The Morgan fingerprint density at radius 2 is 1.41 bits per heavy atom. The fraction of sp³-hybridized carbons (Fsp3) is 0.281. The van der Waals surface area contributed by atoms with Crippen LogP contribution in [-0.2, 0) is 24.5 Å². The normalized spacial score (nSPS) is 23.6. The first-order chi connectivity index (χ1) is 20.0. The van der Waals surface area contributed by atoms with Crippen LogP contribution in [0.5, 0.6) is 0 Å². The average molecular weight is 551 g/mol. The number of imidazole rings is 1. The van der Waals surface area contributed by atoms with Crippen LogP contribution in [-0.4, -0.2) is 50.2 Å². The zero-order chi connectivity index (χ0) is 28.0. The van der Waals surface area contributed by atoms with Gasteiger partial charge in [0.05, 0.1) is 19.3 Å². The molecule has 2 fully saturated rings. The van der Waals surface area contributed by atoms with Crippen molar-refractivity contribution in [1.29, 1.82) is 0 Å². The predicted octanol–water partition coefficient (Wildman–Crippen LogP) is 4.55. The highest BCUT2D eigenvalue weighted by Gasteiger charge is 2.57. The van der Waals surface area contributed by atoms with E-state index >= 15 is 0 Å². The van der Waals surface area contributed by atoms with Crippen LogP contribution in [0.25, 0.3) is 11.2 Å². The molecule has 2 aromatic heterocycles. The zero-order valence-electron chi connectivity index (χ0n) is 22.7. The van der Waals surface area contributed by atoms with Crippen molar-refractivity contribution in [3.63, 3.8) is 0 Å². The Labute approximate surface area is 236 Å². The molecule has 5 aromatic rings. The number of aromatic nitrogens is 4. The topological polar surface area (TPSA) is 100 Å². The molecule has 2 aliphatic rings. The minimum Gasteiger partial charge on any atom is -0.358 e. The number of nitrogens with one attached hydrogen (secondary N) is 1. The molecule has 2 saturated heterocycles. The lowest BCUT2D eigenvalue weighted by Gasteiger charge is -2.37. The summed E-state index contributed by atoms with van der Waals surface area (Å²) in [5.41, 5.74) is 2.42. The van der Waals surface area contributed by atoms with Crippen LogP contribution in [0, 0.1) is 0 Å². The van der Waals surface area contributed by atoms with Crippen LogP contribution in [0.2, 0.25) is 0 Å². The Kier molecular flexibility index (Phi) is 6.32. The fourth-order valence-corrected chi connectivity index (χ4v) is 6.04. The summed E-state index contributed by atoms with van der Waals surface area (Å²) in [6, 6.07) is 30.6. The Balaban J connectivity index is 1.29. The summed E-state index contributed by atoms with van der Waals surface area (Å²) >= 11 is 0. The minimum absolute atomic E-state index is 0.205. The number of H-pyrrole nitrogens is 1. The lowest BCUT2D eigenvalue weighted by Crippen LogP contribution is -2.39. The lowest BCUT2D eigenvalue weighted by atomic mass is 9.80. The van der Waals surface area contributed by atoms with E-state index in [1.54, 1.807) is 10.9 Å². The number of benzene rings is 3. The summed E-state index contributed by atoms with van der Waals surface area (Å²) in [6.45, 7) is 3.98. The van der Waals surface area contributed by atoms with E-state index in [1.807, 2.05) is 68.4 Å². The van der Waals surface area contributed by atoms with Crippen molar-refractivity contribution in [2.75, 3.05) is 6.61 Å². The van der Waals surface area contributed by atoms with Crippen molar-refractivity contribution in [3.05, 3.63) is 131 Å². The third kappa shape index (κ3) is 4.38. The van der Waals surface area contributed by atoms with Crippen LogP contribution < -0.4 is 5.56 Å². The Hall–Kier alpha value is -4.15. The smallest absolute Gasteiger partial charge is 0.278 e. The summed E-state index contributed by atoms with van der Waals surface area (Å²) in [6.07, 6.45) is 0.941. The summed E-state index contributed by atoms with van der Waals surface area (Å²) in [4.78, 5) is 23.6. The first-order valence-electron chi connectivity index (χ1n) is 13.7. The molecule has 3 aromatic carbocycles. The zero-order valence-corrected chi connectivity index (χ0v) is 22.7. The Morgan fingerprint density at radius 1 is 0.854 bits per heavy atom. The minimum atomic E-state index is -0.910. The van der Waals surface area contributed by atoms with Gasteiger partial charge in [0.2, 0.25) is 0 Å². The molecule has 4 atom stereocenters. The first-order valence-corrected chi connectivity index (χ1v) is 13.7. The van der Waals surface area contributed by atoms with Crippen molar-refractivity contribution in [2.24, 2.45) is 0 Å². The third-order valence-electron chi connectivity index (χ3n) is 7.77. The van der Waals surface area contributed by atoms with Gasteiger partial charge in [-0.25, -0.2) is 9.97 Å². The Morgan fingerprint density at radius 3 is 2.00 bits per heavy atom. The highest BCUT2D eigenvalue weighted by atomic mass is 16.8. The SMILES string of the molecule is CC1(C)O[C@@H]2[C@H](O1)[C@H](n1cnc3c(=O)[nH]cnc31)O[C@H]2COC(c1ccccc1)(c1ccccc1)c1ccccc1. The molecule has 0 bridgehead atoms. The van der Waals surface area contributed by atoms with Crippen LogP contribution in [0.1, 0.15) is 36.8 Å². The molecule has 0 unspecified atom stereocenters. The van der Waals surface area contributed by atoms with Gasteiger partial charge in [0.25, 0.3) is 5.56 Å². The van der Waals surface area contributed by atoms with Crippen molar-refractivity contribution < 1.29 is 18.9 Å². The average Bonchev–Trinajstić information content (AvgIpc) is 3.67. The molecule has 2 aliphatic heterocycles. The monoisotopic (exact) mass is 550 g/mol. The van der Waals surface area contributed by atoms with E-state index in [4.69, 9.17) is 18.9 Å². The van der Waals surface area contributed by atoms with Crippen molar-refractivity contribution in [2.45, 2.75) is 49.8 Å². The number of rotatable bonds is 7. The molecule has 9 nitrogen and oxygen atoms in total.